The first-order valence-corrected chi connectivity index (χ1v) is 20.3. The van der Waals surface area contributed by atoms with E-state index >= 15 is 0 Å². The number of fused-ring (bicyclic) bond motifs is 8. The summed E-state index contributed by atoms with van der Waals surface area (Å²) in [6.45, 7) is 9.36. The molecule has 0 unspecified atom stereocenters. The number of hydrogen-bond acceptors (Lipinski definition) is 2. The second-order valence-corrected chi connectivity index (χ2v) is 17.0. The molecule has 2 aliphatic rings. The van der Waals surface area contributed by atoms with Crippen molar-refractivity contribution in [2.24, 2.45) is 0 Å². The van der Waals surface area contributed by atoms with Gasteiger partial charge in [0.2, 0.25) is 0 Å². The lowest BCUT2D eigenvalue weighted by Crippen LogP contribution is -2.16. The quantitative estimate of drug-likeness (QED) is 0.169. The molecule has 9 aromatic rings. The Hall–Kier alpha value is -6.90. The molecule has 0 radical (unpaired) electrons. The molecule has 1 aromatic heterocycles. The third-order valence-electron chi connectivity index (χ3n) is 12.9. The highest BCUT2D eigenvalue weighted by molar-refractivity contribution is 5.95. The fraction of sp³-hybridized carbons (Fsp3) is 0.107. The van der Waals surface area contributed by atoms with E-state index in [1.165, 1.54) is 77.7 Å². The first-order chi connectivity index (χ1) is 28.3. The van der Waals surface area contributed by atoms with Crippen molar-refractivity contribution >= 4 is 28.0 Å². The first-order valence-electron chi connectivity index (χ1n) is 20.3. The van der Waals surface area contributed by atoms with Crippen molar-refractivity contribution < 1.29 is 4.42 Å². The highest BCUT2D eigenvalue weighted by Gasteiger charge is 2.40. The number of furan rings is 1. The van der Waals surface area contributed by atoms with Crippen LogP contribution in [0.3, 0.4) is 0 Å². The van der Waals surface area contributed by atoms with E-state index < -0.39 is 0 Å². The molecule has 0 atom stereocenters. The Labute approximate surface area is 340 Å². The summed E-state index contributed by atoms with van der Waals surface area (Å²) >= 11 is 0. The van der Waals surface area contributed by atoms with Gasteiger partial charge < -0.3 is 9.32 Å². The number of benzene rings is 8. The molecule has 2 aliphatic carbocycles. The number of rotatable bonds is 6. The molecule has 0 N–H and O–H groups in total. The summed E-state index contributed by atoms with van der Waals surface area (Å²) < 4.78 is 6.45. The second kappa shape index (κ2) is 12.8. The number of para-hydroxylation sites is 1. The highest BCUT2D eigenvalue weighted by Crippen LogP contribution is 2.54. The van der Waals surface area contributed by atoms with Crippen molar-refractivity contribution in [3.63, 3.8) is 0 Å². The van der Waals surface area contributed by atoms with Gasteiger partial charge in [0.15, 0.2) is 0 Å². The van der Waals surface area contributed by atoms with Gasteiger partial charge in [0.1, 0.15) is 11.3 Å². The fourth-order valence-electron chi connectivity index (χ4n) is 9.80. The first kappa shape index (κ1) is 34.4. The Morgan fingerprint density at radius 3 is 1.53 bits per heavy atom. The summed E-state index contributed by atoms with van der Waals surface area (Å²) in [5, 5.41) is 1.21. The topological polar surface area (TPSA) is 16.4 Å². The lowest BCUT2D eigenvalue weighted by atomic mass is 9.80. The van der Waals surface area contributed by atoms with Crippen LogP contribution < -0.4 is 4.90 Å². The summed E-state index contributed by atoms with van der Waals surface area (Å²) in [5.41, 5.74) is 20.5. The van der Waals surface area contributed by atoms with Gasteiger partial charge in [0.05, 0.1) is 0 Å². The average Bonchev–Trinajstić information content (AvgIpc) is 3.85. The minimum atomic E-state index is -0.166. The van der Waals surface area contributed by atoms with Crippen LogP contribution in [0.2, 0.25) is 0 Å². The Balaban J connectivity index is 0.965. The molecule has 0 saturated heterocycles. The zero-order chi connectivity index (χ0) is 39.2. The Morgan fingerprint density at radius 1 is 0.362 bits per heavy atom. The molecule has 278 valence electrons. The summed E-state index contributed by atoms with van der Waals surface area (Å²) in [4.78, 5) is 2.40. The van der Waals surface area contributed by atoms with Gasteiger partial charge in [-0.2, -0.15) is 0 Å². The van der Waals surface area contributed by atoms with Crippen LogP contribution >= 0.6 is 0 Å². The molecule has 0 fully saturated rings. The molecule has 0 spiro atoms. The van der Waals surface area contributed by atoms with Gasteiger partial charge in [-0.3, -0.25) is 0 Å². The largest absolute Gasteiger partial charge is 0.456 e. The molecule has 1 heterocycles. The minimum Gasteiger partial charge on any atom is -0.456 e. The molecule has 8 aromatic carbocycles. The van der Waals surface area contributed by atoms with Crippen LogP contribution in [0.4, 0.5) is 17.1 Å². The maximum absolute atomic E-state index is 6.45. The number of anilines is 3. The lowest BCUT2D eigenvalue weighted by molar-refractivity contribution is 0.619. The molecule has 0 bridgehead atoms. The maximum atomic E-state index is 6.45. The van der Waals surface area contributed by atoms with Crippen LogP contribution in [0.15, 0.2) is 192 Å². The van der Waals surface area contributed by atoms with E-state index in [0.717, 1.165) is 28.4 Å². The van der Waals surface area contributed by atoms with Crippen molar-refractivity contribution in [2.75, 3.05) is 4.90 Å². The summed E-state index contributed by atoms with van der Waals surface area (Å²) in [5.74, 6) is 1.01. The zero-order valence-corrected chi connectivity index (χ0v) is 33.3. The lowest BCUT2D eigenvalue weighted by Gasteiger charge is -2.28. The number of nitrogens with zero attached hydrogens (tertiary/aromatic N) is 1. The van der Waals surface area contributed by atoms with Crippen LogP contribution in [0.25, 0.3) is 66.8 Å². The van der Waals surface area contributed by atoms with Crippen LogP contribution in [-0.4, -0.2) is 0 Å². The van der Waals surface area contributed by atoms with Crippen LogP contribution in [-0.2, 0) is 10.8 Å². The maximum Gasteiger partial charge on any atom is 0.139 e. The van der Waals surface area contributed by atoms with Gasteiger partial charge in [-0.25, -0.2) is 0 Å². The monoisotopic (exact) mass is 745 g/mol. The SMILES string of the molecule is CC1(C)c2ccccc2-c2ccc(N(c3ccc(-c4ccc(-c5ccccc5)cc4)cc3)c3ccc(-c4ccc5c(c4)C(C)(C)c4c-5oc5ccccc45)cc3)cc21. The third-order valence-corrected chi connectivity index (χ3v) is 12.9. The van der Waals surface area contributed by atoms with Crippen molar-refractivity contribution in [3.05, 3.63) is 210 Å². The standard InChI is InChI=1S/C56H43NO/c1-55(2)49-16-10-8-14-45(49)46-33-31-44(35-51(46)55)57(42-27-22-39(23-28-42)38-20-18-37(19-21-38)36-12-6-5-7-13-36)43-29-24-40(25-30-43)41-26-32-47-50(34-41)56(3,4)53-48-15-9-11-17-52(48)58-54(47)53/h5-35H,1-4H3. The van der Waals surface area contributed by atoms with Gasteiger partial charge in [0, 0.05) is 44.4 Å². The molecule has 2 heteroatoms. The third kappa shape index (κ3) is 5.25. The van der Waals surface area contributed by atoms with Crippen molar-refractivity contribution in [2.45, 2.75) is 38.5 Å². The molecule has 11 rings (SSSR count). The molecular formula is C56H43NO. The summed E-state index contributed by atoms with van der Waals surface area (Å²) in [6.07, 6.45) is 0. The van der Waals surface area contributed by atoms with Gasteiger partial charge >= 0.3 is 0 Å². The van der Waals surface area contributed by atoms with Crippen LogP contribution in [0, 0.1) is 0 Å². The number of hydrogen-bond donors (Lipinski definition) is 0. The van der Waals surface area contributed by atoms with E-state index in [9.17, 15) is 0 Å². The minimum absolute atomic E-state index is 0.100. The highest BCUT2D eigenvalue weighted by atomic mass is 16.3. The normalized spacial score (nSPS) is 14.1. The Bertz CT molecular complexity index is 3020. The molecular weight excluding hydrogens is 703 g/mol. The second-order valence-electron chi connectivity index (χ2n) is 17.0. The fourth-order valence-corrected chi connectivity index (χ4v) is 9.80. The zero-order valence-electron chi connectivity index (χ0n) is 33.3. The molecule has 2 nitrogen and oxygen atoms in total. The predicted octanol–water partition coefficient (Wildman–Crippen LogP) is 15.5. The van der Waals surface area contributed by atoms with Crippen LogP contribution in [0.1, 0.15) is 49.9 Å². The van der Waals surface area contributed by atoms with Crippen LogP contribution in [0.5, 0.6) is 0 Å². The van der Waals surface area contributed by atoms with E-state index in [1.807, 2.05) is 6.07 Å². The Morgan fingerprint density at radius 2 is 0.845 bits per heavy atom. The van der Waals surface area contributed by atoms with Gasteiger partial charge in [-0.1, -0.05) is 167 Å². The van der Waals surface area contributed by atoms with Crippen molar-refractivity contribution in [3.8, 4) is 55.8 Å². The van der Waals surface area contributed by atoms with E-state index in [0.29, 0.717) is 0 Å². The molecule has 0 amide bonds. The predicted molar refractivity (Wildman–Crippen MR) is 242 cm³/mol. The van der Waals surface area contributed by atoms with Gasteiger partial charge in [0.25, 0.3) is 0 Å². The molecule has 0 aliphatic heterocycles. The van der Waals surface area contributed by atoms with Gasteiger partial charge in [-0.05, 0) is 110 Å². The summed E-state index contributed by atoms with van der Waals surface area (Å²) in [7, 11) is 0. The van der Waals surface area contributed by atoms with Crippen molar-refractivity contribution in [1.29, 1.82) is 0 Å². The van der Waals surface area contributed by atoms with E-state index in [2.05, 4.69) is 215 Å². The van der Waals surface area contributed by atoms with E-state index in [4.69, 9.17) is 4.42 Å². The van der Waals surface area contributed by atoms with Gasteiger partial charge in [-0.15, -0.1) is 0 Å². The van der Waals surface area contributed by atoms with E-state index in [1.54, 1.807) is 0 Å². The van der Waals surface area contributed by atoms with Crippen molar-refractivity contribution in [1.82, 2.24) is 0 Å². The molecule has 0 saturated carbocycles. The molecule has 58 heavy (non-hydrogen) atoms. The Kier molecular flexibility index (Phi) is 7.59. The summed E-state index contributed by atoms with van der Waals surface area (Å²) in [6, 6.07) is 68.7. The smallest absolute Gasteiger partial charge is 0.139 e. The van der Waals surface area contributed by atoms with E-state index in [-0.39, 0.29) is 10.8 Å². The average molecular weight is 746 g/mol.